The van der Waals surface area contributed by atoms with E-state index >= 15 is 0 Å². The van der Waals surface area contributed by atoms with Crippen molar-refractivity contribution in [3.8, 4) is 0 Å². The number of nitrogens with zero attached hydrogens (tertiary/aromatic N) is 1. The van der Waals surface area contributed by atoms with Gasteiger partial charge in [-0.2, -0.15) is 0 Å². The normalized spacial score (nSPS) is 34.7. The number of amides is 1. The van der Waals surface area contributed by atoms with Crippen LogP contribution in [0.3, 0.4) is 0 Å². The lowest BCUT2D eigenvalue weighted by Gasteiger charge is -2.32. The fraction of sp³-hybridized carbons (Fsp3) is 0.857. The molecule has 0 spiro atoms. The van der Waals surface area contributed by atoms with Crippen molar-refractivity contribution >= 4 is 16.2 Å². The molecule has 5 heteroatoms. The molecular weight excluding hydrogens is 178 g/mol. The van der Waals surface area contributed by atoms with Gasteiger partial charge in [0.2, 0.25) is 6.41 Å². The molecule has 0 radical (unpaired) electrons. The van der Waals surface area contributed by atoms with Crippen LogP contribution < -0.4 is 0 Å². The molecule has 1 aliphatic heterocycles. The highest BCUT2D eigenvalue weighted by molar-refractivity contribution is 7.92. The molecule has 2 atom stereocenters. The molecule has 1 heterocycles. The maximum absolute atomic E-state index is 11.4. The highest BCUT2D eigenvalue weighted by Crippen LogP contribution is 2.16. The third kappa shape index (κ3) is 1.46. The van der Waals surface area contributed by atoms with Crippen molar-refractivity contribution < 1.29 is 13.2 Å². The van der Waals surface area contributed by atoms with Gasteiger partial charge in [-0.1, -0.05) is 0 Å². The fourth-order valence-corrected chi connectivity index (χ4v) is 3.02. The summed E-state index contributed by atoms with van der Waals surface area (Å²) in [4.78, 5) is 11.9. The van der Waals surface area contributed by atoms with Gasteiger partial charge in [-0.05, 0) is 13.8 Å². The molecule has 0 aromatic carbocycles. The molecule has 1 aliphatic rings. The van der Waals surface area contributed by atoms with Gasteiger partial charge < -0.3 is 4.90 Å². The molecule has 0 aliphatic carbocycles. The van der Waals surface area contributed by atoms with Crippen LogP contribution in [0.4, 0.5) is 0 Å². The van der Waals surface area contributed by atoms with Gasteiger partial charge in [0.1, 0.15) is 0 Å². The van der Waals surface area contributed by atoms with Crippen LogP contribution in [0.5, 0.6) is 0 Å². The predicted octanol–water partition coefficient (Wildman–Crippen LogP) is -0.350. The zero-order valence-corrected chi connectivity index (χ0v) is 8.04. The topological polar surface area (TPSA) is 54.5 Å². The van der Waals surface area contributed by atoms with Crippen molar-refractivity contribution in [2.75, 3.05) is 13.1 Å². The second-order valence-electron chi connectivity index (χ2n) is 3.27. The molecule has 12 heavy (non-hydrogen) atoms. The van der Waals surface area contributed by atoms with Crippen LogP contribution in [0, 0.1) is 0 Å². The first-order chi connectivity index (χ1) is 5.48. The number of sulfone groups is 1. The lowest BCUT2D eigenvalue weighted by atomic mass is 10.3. The minimum Gasteiger partial charge on any atom is -0.343 e. The summed E-state index contributed by atoms with van der Waals surface area (Å²) in [5, 5.41) is -0.849. The van der Waals surface area contributed by atoms with E-state index in [2.05, 4.69) is 0 Å². The average molecular weight is 191 g/mol. The van der Waals surface area contributed by atoms with E-state index in [-0.39, 0.29) is 0 Å². The van der Waals surface area contributed by atoms with Gasteiger partial charge in [-0.15, -0.1) is 0 Å². The quantitative estimate of drug-likeness (QED) is 0.532. The summed E-state index contributed by atoms with van der Waals surface area (Å²) in [5.41, 5.74) is 0. The monoisotopic (exact) mass is 191 g/mol. The molecule has 0 saturated carbocycles. The van der Waals surface area contributed by atoms with Crippen LogP contribution >= 0.6 is 0 Å². The van der Waals surface area contributed by atoms with Gasteiger partial charge in [0, 0.05) is 13.1 Å². The number of hydrogen-bond acceptors (Lipinski definition) is 3. The lowest BCUT2D eigenvalue weighted by Crippen LogP contribution is -2.49. The van der Waals surface area contributed by atoms with E-state index < -0.39 is 20.3 Å². The summed E-state index contributed by atoms with van der Waals surface area (Å²) >= 11 is 0. The molecule has 2 unspecified atom stereocenters. The number of rotatable bonds is 1. The van der Waals surface area contributed by atoms with Crippen molar-refractivity contribution in [2.24, 2.45) is 0 Å². The Kier molecular flexibility index (Phi) is 2.41. The van der Waals surface area contributed by atoms with Gasteiger partial charge in [0.15, 0.2) is 9.84 Å². The molecule has 1 amide bonds. The van der Waals surface area contributed by atoms with E-state index in [1.54, 1.807) is 13.8 Å². The van der Waals surface area contributed by atoms with Crippen LogP contribution in [0.25, 0.3) is 0 Å². The molecule has 70 valence electrons. The van der Waals surface area contributed by atoms with Crippen molar-refractivity contribution in [2.45, 2.75) is 24.3 Å². The summed E-state index contributed by atoms with van der Waals surface area (Å²) in [6.07, 6.45) is 0.710. The van der Waals surface area contributed by atoms with Crippen molar-refractivity contribution in [1.82, 2.24) is 4.90 Å². The SMILES string of the molecule is CC1CN(C=O)CC(C)S1(=O)=O. The fourth-order valence-electron chi connectivity index (χ4n) is 1.43. The van der Waals surface area contributed by atoms with Crippen LogP contribution in [0.2, 0.25) is 0 Å². The lowest BCUT2D eigenvalue weighted by molar-refractivity contribution is -0.118. The van der Waals surface area contributed by atoms with Gasteiger partial charge in [-0.25, -0.2) is 8.42 Å². The predicted molar refractivity (Wildman–Crippen MR) is 45.5 cm³/mol. The first-order valence-corrected chi connectivity index (χ1v) is 5.51. The third-order valence-electron chi connectivity index (χ3n) is 2.25. The summed E-state index contributed by atoms with van der Waals surface area (Å²) in [6, 6.07) is 0. The van der Waals surface area contributed by atoms with E-state index in [1.807, 2.05) is 0 Å². The smallest absolute Gasteiger partial charge is 0.209 e. The summed E-state index contributed by atoms with van der Waals surface area (Å²) < 4.78 is 22.9. The minimum atomic E-state index is -2.98. The molecule has 1 saturated heterocycles. The summed E-state index contributed by atoms with van der Waals surface area (Å²) in [5.74, 6) is 0. The zero-order valence-electron chi connectivity index (χ0n) is 7.23. The second-order valence-corrected chi connectivity index (χ2v) is 6.06. The van der Waals surface area contributed by atoms with E-state index in [0.29, 0.717) is 19.5 Å². The zero-order chi connectivity index (χ0) is 9.35. The van der Waals surface area contributed by atoms with Crippen LogP contribution in [0.1, 0.15) is 13.8 Å². The Balaban J connectivity index is 2.84. The van der Waals surface area contributed by atoms with Gasteiger partial charge >= 0.3 is 0 Å². The second kappa shape index (κ2) is 3.05. The van der Waals surface area contributed by atoms with E-state index in [0.717, 1.165) is 0 Å². The largest absolute Gasteiger partial charge is 0.343 e. The number of carbonyl (C=O) groups excluding carboxylic acids is 1. The number of carbonyl (C=O) groups is 1. The average Bonchev–Trinajstić information content (AvgIpc) is 2.00. The van der Waals surface area contributed by atoms with E-state index in [4.69, 9.17) is 0 Å². The van der Waals surface area contributed by atoms with Gasteiger partial charge in [0.25, 0.3) is 0 Å². The molecule has 0 bridgehead atoms. The van der Waals surface area contributed by atoms with Gasteiger partial charge in [-0.3, -0.25) is 4.79 Å². The standard InChI is InChI=1S/C7H13NO3S/c1-6-3-8(5-9)4-7(2)12(6,10)11/h5-7H,3-4H2,1-2H3. The van der Waals surface area contributed by atoms with Crippen LogP contribution in [0.15, 0.2) is 0 Å². The summed E-state index contributed by atoms with van der Waals surface area (Å²) in [6.45, 7) is 3.94. The Bertz CT molecular complexity index is 254. The van der Waals surface area contributed by atoms with E-state index in [9.17, 15) is 13.2 Å². The Labute approximate surface area is 72.5 Å². The van der Waals surface area contributed by atoms with Crippen LogP contribution in [-0.4, -0.2) is 43.3 Å². The molecule has 0 aromatic rings. The first-order valence-electron chi connectivity index (χ1n) is 3.90. The molecule has 1 fully saturated rings. The molecule has 4 nitrogen and oxygen atoms in total. The highest BCUT2D eigenvalue weighted by atomic mass is 32.2. The molecule has 0 aromatic heterocycles. The Morgan fingerprint density at radius 3 is 2.00 bits per heavy atom. The van der Waals surface area contributed by atoms with E-state index in [1.165, 1.54) is 4.90 Å². The summed E-state index contributed by atoms with van der Waals surface area (Å²) in [7, 11) is -2.98. The maximum atomic E-state index is 11.4. The Morgan fingerprint density at radius 2 is 1.67 bits per heavy atom. The number of hydrogen-bond donors (Lipinski definition) is 0. The molecular formula is C7H13NO3S. The minimum absolute atomic E-state index is 0.330. The van der Waals surface area contributed by atoms with Crippen molar-refractivity contribution in [3.63, 3.8) is 0 Å². The van der Waals surface area contributed by atoms with Crippen molar-refractivity contribution in [3.05, 3.63) is 0 Å². The maximum Gasteiger partial charge on any atom is 0.209 e. The van der Waals surface area contributed by atoms with Crippen LogP contribution in [-0.2, 0) is 14.6 Å². The highest BCUT2D eigenvalue weighted by Gasteiger charge is 2.34. The molecule has 1 rings (SSSR count). The Morgan fingerprint density at radius 1 is 1.25 bits per heavy atom. The Hall–Kier alpha value is -0.580. The first kappa shape index (κ1) is 9.51. The van der Waals surface area contributed by atoms with Gasteiger partial charge in [0.05, 0.1) is 10.5 Å². The molecule has 0 N–H and O–H groups in total. The third-order valence-corrected chi connectivity index (χ3v) is 4.80. The van der Waals surface area contributed by atoms with Crippen molar-refractivity contribution in [1.29, 1.82) is 0 Å².